The quantitative estimate of drug-likeness (QED) is 0.669. The van der Waals surface area contributed by atoms with E-state index in [1.54, 1.807) is 12.1 Å². The van der Waals surface area contributed by atoms with Gasteiger partial charge < -0.3 is 10.2 Å². The summed E-state index contributed by atoms with van der Waals surface area (Å²) in [6, 6.07) is 5.68. The molecule has 1 aliphatic carbocycles. The maximum atomic E-state index is 11.3. The van der Waals surface area contributed by atoms with Gasteiger partial charge in [-0.05, 0) is 44.4 Å². The summed E-state index contributed by atoms with van der Waals surface area (Å²) in [5, 5.41) is 15.4. The molecule has 2 fully saturated rings. The van der Waals surface area contributed by atoms with Crippen LogP contribution in [0.4, 0.5) is 11.4 Å². The second-order valence-corrected chi connectivity index (χ2v) is 6.36. The van der Waals surface area contributed by atoms with Crippen LogP contribution in [0, 0.1) is 10.1 Å². The fraction of sp³-hybridized carbons (Fsp3) is 0.600. The Hall–Kier alpha value is -1.33. The predicted molar refractivity (Wildman–Crippen MR) is 84.1 cm³/mol. The van der Waals surface area contributed by atoms with Gasteiger partial charge in [0.2, 0.25) is 0 Å². The van der Waals surface area contributed by atoms with Crippen LogP contribution < -0.4 is 10.2 Å². The van der Waals surface area contributed by atoms with E-state index >= 15 is 0 Å². The zero-order valence-corrected chi connectivity index (χ0v) is 12.7. The highest BCUT2D eigenvalue weighted by Gasteiger charge is 2.34. The summed E-state index contributed by atoms with van der Waals surface area (Å²) in [7, 11) is 0. The van der Waals surface area contributed by atoms with Crippen LogP contribution in [-0.4, -0.2) is 30.1 Å². The van der Waals surface area contributed by atoms with E-state index in [0.717, 1.165) is 32.4 Å². The van der Waals surface area contributed by atoms with Gasteiger partial charge in [-0.1, -0.05) is 18.0 Å². The molecule has 114 valence electrons. The van der Waals surface area contributed by atoms with Gasteiger partial charge in [-0.25, -0.2) is 0 Å². The number of anilines is 1. The fourth-order valence-electron chi connectivity index (χ4n) is 3.03. The second kappa shape index (κ2) is 6.20. The minimum atomic E-state index is -0.310. The largest absolute Gasteiger partial charge is 0.361 e. The highest BCUT2D eigenvalue weighted by Crippen LogP contribution is 2.38. The third-order valence-corrected chi connectivity index (χ3v) is 4.50. The molecule has 1 N–H and O–H groups in total. The summed E-state index contributed by atoms with van der Waals surface area (Å²) >= 11 is 6.07. The summed E-state index contributed by atoms with van der Waals surface area (Å²) in [5.74, 6) is 0. The molecular formula is C15H20ClN3O2. The van der Waals surface area contributed by atoms with Crippen LogP contribution in [0.15, 0.2) is 18.2 Å². The highest BCUT2D eigenvalue weighted by molar-refractivity contribution is 6.31. The molecule has 0 bridgehead atoms. The Labute approximate surface area is 129 Å². The SMILES string of the molecule is O=[N+]([O-])c1ccc(Cl)cc1N(CC1CCCCN1)C1CC1. The number of benzene rings is 1. The molecule has 1 aromatic carbocycles. The van der Waals surface area contributed by atoms with Crippen molar-refractivity contribution >= 4 is 23.0 Å². The summed E-state index contributed by atoms with van der Waals surface area (Å²) in [4.78, 5) is 13.2. The van der Waals surface area contributed by atoms with Gasteiger partial charge in [-0.3, -0.25) is 10.1 Å². The molecule has 5 nitrogen and oxygen atoms in total. The molecule has 1 aromatic rings. The Morgan fingerprint density at radius 1 is 1.33 bits per heavy atom. The Morgan fingerprint density at radius 2 is 2.14 bits per heavy atom. The van der Waals surface area contributed by atoms with Gasteiger partial charge in [0.25, 0.3) is 5.69 Å². The number of nitro benzene ring substituents is 1. The number of hydrogen-bond acceptors (Lipinski definition) is 4. The lowest BCUT2D eigenvalue weighted by atomic mass is 10.0. The van der Waals surface area contributed by atoms with Gasteiger partial charge in [0.1, 0.15) is 5.69 Å². The fourth-order valence-corrected chi connectivity index (χ4v) is 3.19. The van der Waals surface area contributed by atoms with E-state index in [-0.39, 0.29) is 10.6 Å². The predicted octanol–water partition coefficient (Wildman–Crippen LogP) is 3.36. The number of halogens is 1. The Morgan fingerprint density at radius 3 is 2.76 bits per heavy atom. The van der Waals surface area contributed by atoms with Gasteiger partial charge in [0.15, 0.2) is 0 Å². The highest BCUT2D eigenvalue weighted by atomic mass is 35.5. The van der Waals surface area contributed by atoms with E-state index in [1.807, 2.05) is 0 Å². The Bertz CT molecular complexity index is 528. The van der Waals surface area contributed by atoms with Crippen LogP contribution in [0.3, 0.4) is 0 Å². The van der Waals surface area contributed by atoms with Gasteiger partial charge in [0, 0.05) is 29.7 Å². The Kier molecular flexibility index (Phi) is 4.31. The van der Waals surface area contributed by atoms with Crippen molar-refractivity contribution in [1.29, 1.82) is 0 Å². The molecule has 0 amide bonds. The number of nitro groups is 1. The van der Waals surface area contributed by atoms with Crippen molar-refractivity contribution in [1.82, 2.24) is 5.32 Å². The van der Waals surface area contributed by atoms with Crippen LogP contribution in [0.5, 0.6) is 0 Å². The number of piperidine rings is 1. The van der Waals surface area contributed by atoms with Gasteiger partial charge in [-0.2, -0.15) is 0 Å². The maximum absolute atomic E-state index is 11.3. The minimum Gasteiger partial charge on any atom is -0.361 e. The average molecular weight is 310 g/mol. The van der Waals surface area contributed by atoms with Crippen LogP contribution in [0.1, 0.15) is 32.1 Å². The summed E-state index contributed by atoms with van der Waals surface area (Å²) in [6.45, 7) is 1.87. The summed E-state index contributed by atoms with van der Waals surface area (Å²) in [5.41, 5.74) is 0.824. The zero-order valence-electron chi connectivity index (χ0n) is 11.9. The first kappa shape index (κ1) is 14.6. The first-order valence-electron chi connectivity index (χ1n) is 7.59. The van der Waals surface area contributed by atoms with Gasteiger partial charge >= 0.3 is 0 Å². The summed E-state index contributed by atoms with van der Waals surface area (Å²) in [6.07, 6.45) is 5.80. The van der Waals surface area contributed by atoms with E-state index in [4.69, 9.17) is 11.6 Å². The number of hydrogen-bond donors (Lipinski definition) is 1. The van der Waals surface area contributed by atoms with Crippen LogP contribution in [-0.2, 0) is 0 Å². The molecule has 1 unspecified atom stereocenters. The molecule has 0 aromatic heterocycles. The molecule has 1 atom stereocenters. The molecule has 3 rings (SSSR count). The monoisotopic (exact) mass is 309 g/mol. The van der Waals surface area contributed by atoms with Gasteiger partial charge in [-0.15, -0.1) is 0 Å². The van der Waals surface area contributed by atoms with Crippen molar-refractivity contribution in [2.24, 2.45) is 0 Å². The van der Waals surface area contributed by atoms with Crippen LogP contribution in [0.2, 0.25) is 5.02 Å². The van der Waals surface area contributed by atoms with E-state index in [2.05, 4.69) is 10.2 Å². The average Bonchev–Trinajstić information content (AvgIpc) is 3.30. The molecule has 21 heavy (non-hydrogen) atoms. The standard InChI is InChI=1S/C15H20ClN3O2/c16-11-4-7-14(19(20)21)15(9-11)18(13-5-6-13)10-12-3-1-2-8-17-12/h4,7,9,12-13,17H,1-3,5-6,8,10H2. The molecule has 0 radical (unpaired) electrons. The third-order valence-electron chi connectivity index (χ3n) is 4.26. The van der Waals surface area contributed by atoms with Crippen LogP contribution >= 0.6 is 11.6 Å². The van der Waals surface area contributed by atoms with Crippen molar-refractivity contribution in [3.63, 3.8) is 0 Å². The smallest absolute Gasteiger partial charge is 0.292 e. The van der Waals surface area contributed by atoms with Crippen molar-refractivity contribution in [2.45, 2.75) is 44.2 Å². The van der Waals surface area contributed by atoms with E-state index in [9.17, 15) is 10.1 Å². The van der Waals surface area contributed by atoms with E-state index in [0.29, 0.717) is 22.8 Å². The number of nitrogens with one attached hydrogen (secondary N) is 1. The maximum Gasteiger partial charge on any atom is 0.292 e. The first-order valence-corrected chi connectivity index (χ1v) is 7.97. The molecule has 0 spiro atoms. The van der Waals surface area contributed by atoms with Crippen molar-refractivity contribution in [3.05, 3.63) is 33.3 Å². The Balaban J connectivity index is 1.86. The lowest BCUT2D eigenvalue weighted by molar-refractivity contribution is -0.384. The lowest BCUT2D eigenvalue weighted by Gasteiger charge is -2.32. The van der Waals surface area contributed by atoms with Gasteiger partial charge in [0.05, 0.1) is 4.92 Å². The van der Waals surface area contributed by atoms with E-state index < -0.39 is 0 Å². The number of rotatable bonds is 5. The lowest BCUT2D eigenvalue weighted by Crippen LogP contribution is -2.44. The molecule has 1 aliphatic heterocycles. The van der Waals surface area contributed by atoms with Crippen molar-refractivity contribution in [3.8, 4) is 0 Å². The molecule has 1 saturated heterocycles. The van der Waals surface area contributed by atoms with Crippen LogP contribution in [0.25, 0.3) is 0 Å². The normalized spacial score (nSPS) is 22.0. The summed E-state index contributed by atoms with van der Waals surface area (Å²) < 4.78 is 0. The number of nitrogens with zero attached hydrogens (tertiary/aromatic N) is 2. The molecule has 2 aliphatic rings. The molecule has 1 heterocycles. The third kappa shape index (κ3) is 3.47. The minimum absolute atomic E-state index is 0.155. The first-order chi connectivity index (χ1) is 10.1. The zero-order chi connectivity index (χ0) is 14.8. The molecule has 1 saturated carbocycles. The molecular weight excluding hydrogens is 290 g/mol. The molecule has 6 heteroatoms. The van der Waals surface area contributed by atoms with Crippen molar-refractivity contribution in [2.75, 3.05) is 18.0 Å². The van der Waals surface area contributed by atoms with Crippen molar-refractivity contribution < 1.29 is 4.92 Å². The van der Waals surface area contributed by atoms with E-state index in [1.165, 1.54) is 18.9 Å². The topological polar surface area (TPSA) is 58.4 Å². The second-order valence-electron chi connectivity index (χ2n) is 5.92.